The molecule has 0 radical (unpaired) electrons. The zero-order valence-electron chi connectivity index (χ0n) is 17.7. The van der Waals surface area contributed by atoms with Gasteiger partial charge in [-0.1, -0.05) is 12.1 Å². The summed E-state index contributed by atoms with van der Waals surface area (Å²) >= 11 is 0. The second kappa shape index (κ2) is 10.7. The topological polar surface area (TPSA) is 84.3 Å². The van der Waals surface area contributed by atoms with E-state index in [4.69, 9.17) is 14.2 Å². The summed E-state index contributed by atoms with van der Waals surface area (Å²) in [5.74, 6) is 2.32. The number of aliphatic imine (C=N–C) groups is 1. The van der Waals surface area contributed by atoms with Gasteiger partial charge in [0.15, 0.2) is 17.5 Å². The molecule has 29 heavy (non-hydrogen) atoms. The fourth-order valence-corrected chi connectivity index (χ4v) is 4.15. The number of rotatable bonds is 9. The summed E-state index contributed by atoms with van der Waals surface area (Å²) in [6, 6.07) is 5.99. The maximum atomic E-state index is 9.41. The molecule has 2 fully saturated rings. The van der Waals surface area contributed by atoms with Crippen molar-refractivity contribution in [1.29, 1.82) is 0 Å². The van der Waals surface area contributed by atoms with Crippen LogP contribution in [0.4, 0.5) is 0 Å². The minimum Gasteiger partial charge on any atom is -0.493 e. The summed E-state index contributed by atoms with van der Waals surface area (Å²) in [4.78, 5) is 4.35. The zero-order valence-corrected chi connectivity index (χ0v) is 17.7. The molecule has 0 amide bonds. The Morgan fingerprint density at radius 3 is 2.79 bits per heavy atom. The number of para-hydroxylation sites is 1. The first-order valence-corrected chi connectivity index (χ1v) is 10.7. The van der Waals surface area contributed by atoms with E-state index in [1.165, 1.54) is 12.8 Å². The number of aliphatic hydroxyl groups excluding tert-OH is 1. The quantitative estimate of drug-likeness (QED) is 0.432. The van der Waals surface area contributed by atoms with Gasteiger partial charge in [0.1, 0.15) is 0 Å². The van der Waals surface area contributed by atoms with Gasteiger partial charge < -0.3 is 30.0 Å². The van der Waals surface area contributed by atoms with Gasteiger partial charge in [0.25, 0.3) is 0 Å². The number of guanidine groups is 1. The van der Waals surface area contributed by atoms with Gasteiger partial charge in [-0.2, -0.15) is 0 Å². The minimum absolute atomic E-state index is 0.0287. The molecule has 3 rings (SSSR count). The van der Waals surface area contributed by atoms with Crippen LogP contribution in [-0.2, 0) is 11.3 Å². The number of benzene rings is 1. The van der Waals surface area contributed by atoms with Crippen LogP contribution in [0.15, 0.2) is 23.2 Å². The lowest BCUT2D eigenvalue weighted by Crippen LogP contribution is -2.44. The monoisotopic (exact) mass is 405 g/mol. The van der Waals surface area contributed by atoms with Gasteiger partial charge in [0.05, 0.1) is 19.8 Å². The van der Waals surface area contributed by atoms with Crippen molar-refractivity contribution in [3.63, 3.8) is 0 Å². The third-order valence-electron chi connectivity index (χ3n) is 5.99. The molecule has 0 aromatic heterocycles. The molecule has 1 atom stereocenters. The SMILES string of the molecule is CN=C(NCc1cccc(OC)c1OC1CCCC1)NCC1(CCO)CCOC1. The normalized spacial score (nSPS) is 22.7. The Labute approximate surface area is 173 Å². The van der Waals surface area contributed by atoms with Gasteiger partial charge in [0.2, 0.25) is 0 Å². The fraction of sp³-hybridized carbons (Fsp3) is 0.682. The van der Waals surface area contributed by atoms with Crippen molar-refractivity contribution in [3.8, 4) is 11.5 Å². The summed E-state index contributed by atoms with van der Waals surface area (Å²) in [5.41, 5.74) is 1.02. The van der Waals surface area contributed by atoms with Gasteiger partial charge >= 0.3 is 0 Å². The van der Waals surface area contributed by atoms with Crippen molar-refractivity contribution in [2.45, 2.75) is 51.2 Å². The number of hydrogen-bond acceptors (Lipinski definition) is 5. The molecule has 1 aliphatic heterocycles. The number of nitrogens with zero attached hydrogens (tertiary/aromatic N) is 1. The molecule has 1 saturated carbocycles. The van der Waals surface area contributed by atoms with Gasteiger partial charge in [-0.05, 0) is 44.6 Å². The Bertz CT molecular complexity index is 668. The molecule has 1 aromatic rings. The van der Waals surface area contributed by atoms with E-state index in [2.05, 4.69) is 21.7 Å². The van der Waals surface area contributed by atoms with Crippen molar-refractivity contribution < 1.29 is 19.3 Å². The standard InChI is InChI=1S/C22H35N3O4/c1-23-21(25-15-22(10-12-26)11-13-28-16-22)24-14-17-6-5-9-19(27-2)20(17)29-18-7-3-4-8-18/h5-6,9,18,26H,3-4,7-8,10-16H2,1-2H3,(H2,23,24,25). The third-order valence-corrected chi connectivity index (χ3v) is 5.99. The Kier molecular flexibility index (Phi) is 8.00. The van der Waals surface area contributed by atoms with Crippen LogP contribution in [0.1, 0.15) is 44.1 Å². The Hall–Kier alpha value is -1.99. The number of nitrogens with one attached hydrogen (secondary N) is 2. The summed E-state index contributed by atoms with van der Waals surface area (Å²) in [6.45, 7) is 2.90. The highest BCUT2D eigenvalue weighted by molar-refractivity contribution is 5.79. The van der Waals surface area contributed by atoms with Gasteiger partial charge in [0, 0.05) is 44.3 Å². The number of aliphatic hydroxyl groups is 1. The van der Waals surface area contributed by atoms with Crippen LogP contribution in [0.25, 0.3) is 0 Å². The first kappa shape index (κ1) is 21.7. The molecule has 1 unspecified atom stereocenters. The predicted octanol–water partition coefficient (Wildman–Crippen LogP) is 2.47. The number of hydrogen-bond donors (Lipinski definition) is 3. The average Bonchev–Trinajstić information content (AvgIpc) is 3.42. The molecule has 2 aliphatic rings. The van der Waals surface area contributed by atoms with E-state index in [0.717, 1.165) is 61.9 Å². The molecule has 1 heterocycles. The Morgan fingerprint density at radius 2 is 2.14 bits per heavy atom. The maximum Gasteiger partial charge on any atom is 0.191 e. The van der Waals surface area contributed by atoms with Crippen LogP contribution in [0.2, 0.25) is 0 Å². The van der Waals surface area contributed by atoms with E-state index >= 15 is 0 Å². The van der Waals surface area contributed by atoms with E-state index < -0.39 is 0 Å². The lowest BCUT2D eigenvalue weighted by atomic mass is 9.84. The summed E-state index contributed by atoms with van der Waals surface area (Å²) in [6.07, 6.45) is 6.60. The molecule has 3 N–H and O–H groups in total. The minimum atomic E-state index is -0.0287. The first-order valence-electron chi connectivity index (χ1n) is 10.7. The van der Waals surface area contributed by atoms with Crippen LogP contribution >= 0.6 is 0 Å². The fourth-order valence-electron chi connectivity index (χ4n) is 4.15. The van der Waals surface area contributed by atoms with Crippen molar-refractivity contribution in [2.75, 3.05) is 40.5 Å². The molecular weight excluding hydrogens is 370 g/mol. The highest BCUT2D eigenvalue weighted by Gasteiger charge is 2.34. The van der Waals surface area contributed by atoms with Crippen molar-refractivity contribution >= 4 is 5.96 Å². The highest BCUT2D eigenvalue weighted by Crippen LogP contribution is 2.35. The summed E-state index contributed by atoms with van der Waals surface area (Å²) in [7, 11) is 3.44. The lowest BCUT2D eigenvalue weighted by molar-refractivity contribution is 0.127. The molecule has 162 valence electrons. The second-order valence-corrected chi connectivity index (χ2v) is 8.03. The van der Waals surface area contributed by atoms with E-state index in [0.29, 0.717) is 13.2 Å². The van der Waals surface area contributed by atoms with Gasteiger partial charge in [-0.3, -0.25) is 4.99 Å². The molecule has 7 heteroatoms. The Morgan fingerprint density at radius 1 is 1.31 bits per heavy atom. The van der Waals surface area contributed by atoms with Crippen molar-refractivity contribution in [3.05, 3.63) is 23.8 Å². The molecule has 0 spiro atoms. The predicted molar refractivity (Wildman–Crippen MR) is 114 cm³/mol. The molecule has 1 saturated heterocycles. The smallest absolute Gasteiger partial charge is 0.191 e. The zero-order chi connectivity index (χ0) is 20.5. The Balaban J connectivity index is 1.61. The van der Waals surface area contributed by atoms with Crippen molar-refractivity contribution in [2.24, 2.45) is 10.4 Å². The third kappa shape index (κ3) is 5.76. The lowest BCUT2D eigenvalue weighted by Gasteiger charge is -2.28. The molecule has 7 nitrogen and oxygen atoms in total. The maximum absolute atomic E-state index is 9.41. The number of ether oxygens (including phenoxy) is 3. The first-order chi connectivity index (χ1) is 14.2. The van der Waals surface area contributed by atoms with Crippen LogP contribution in [-0.4, -0.2) is 57.7 Å². The second-order valence-electron chi connectivity index (χ2n) is 8.03. The summed E-state index contributed by atoms with van der Waals surface area (Å²) in [5, 5.41) is 16.2. The van der Waals surface area contributed by atoms with E-state index in [1.807, 2.05) is 12.1 Å². The van der Waals surface area contributed by atoms with Crippen LogP contribution in [0, 0.1) is 5.41 Å². The molecular formula is C22H35N3O4. The van der Waals surface area contributed by atoms with Gasteiger partial charge in [-0.15, -0.1) is 0 Å². The molecule has 1 aromatic carbocycles. The van der Waals surface area contributed by atoms with Gasteiger partial charge in [-0.25, -0.2) is 0 Å². The van der Waals surface area contributed by atoms with Crippen LogP contribution < -0.4 is 20.1 Å². The van der Waals surface area contributed by atoms with E-state index in [-0.39, 0.29) is 18.1 Å². The number of methoxy groups -OCH3 is 1. The molecule has 1 aliphatic carbocycles. The highest BCUT2D eigenvalue weighted by atomic mass is 16.5. The van der Waals surface area contributed by atoms with Crippen molar-refractivity contribution in [1.82, 2.24) is 10.6 Å². The molecule has 0 bridgehead atoms. The van der Waals surface area contributed by atoms with E-state index in [9.17, 15) is 5.11 Å². The average molecular weight is 406 g/mol. The van der Waals surface area contributed by atoms with Crippen LogP contribution in [0.3, 0.4) is 0 Å². The van der Waals surface area contributed by atoms with E-state index in [1.54, 1.807) is 14.2 Å². The van der Waals surface area contributed by atoms with Crippen LogP contribution in [0.5, 0.6) is 11.5 Å². The summed E-state index contributed by atoms with van der Waals surface area (Å²) < 4.78 is 17.4. The largest absolute Gasteiger partial charge is 0.493 e.